The zero-order valence-electron chi connectivity index (χ0n) is 12.3. The minimum absolute atomic E-state index is 0. The average molecular weight is 321 g/mol. The van der Waals surface area contributed by atoms with E-state index in [1.54, 1.807) is 0 Å². The van der Waals surface area contributed by atoms with Crippen LogP contribution in [0.4, 0.5) is 0 Å². The van der Waals surface area contributed by atoms with Crippen LogP contribution in [-0.4, -0.2) is 46.4 Å². The van der Waals surface area contributed by atoms with Crippen LogP contribution >= 0.6 is 11.8 Å². The molecule has 0 unspecified atom stereocenters. The molecule has 20 heavy (non-hydrogen) atoms. The van der Waals surface area contributed by atoms with Crippen molar-refractivity contribution in [1.82, 2.24) is 14.9 Å². The Morgan fingerprint density at radius 2 is 2.05 bits per heavy atom. The van der Waals surface area contributed by atoms with E-state index < -0.39 is 0 Å². The van der Waals surface area contributed by atoms with Crippen molar-refractivity contribution in [2.45, 2.75) is 37.8 Å². The van der Waals surface area contributed by atoms with Crippen molar-refractivity contribution < 1.29 is 17.5 Å². The lowest BCUT2D eigenvalue weighted by Gasteiger charge is -2.09. The van der Waals surface area contributed by atoms with Crippen LogP contribution in [0.1, 0.15) is 31.7 Å². The Morgan fingerprint density at radius 1 is 1.35 bits per heavy atom. The number of hydrogen-bond acceptors (Lipinski definition) is 5. The van der Waals surface area contributed by atoms with Gasteiger partial charge in [-0.05, 0) is 26.9 Å². The molecule has 0 spiro atoms. The van der Waals surface area contributed by atoms with E-state index in [4.69, 9.17) is 0 Å². The number of hydrogen-bond donors (Lipinski definition) is 2. The van der Waals surface area contributed by atoms with Crippen LogP contribution in [0.25, 0.3) is 0 Å². The molecule has 0 saturated carbocycles. The van der Waals surface area contributed by atoms with E-state index in [1.807, 2.05) is 14.1 Å². The lowest BCUT2D eigenvalue weighted by atomic mass is 10.1. The summed E-state index contributed by atoms with van der Waals surface area (Å²) in [4.78, 5) is 20.7. The summed E-state index contributed by atoms with van der Waals surface area (Å²) in [6.45, 7) is 3.00. The molecule has 0 aliphatic carbocycles. The summed E-state index contributed by atoms with van der Waals surface area (Å²) in [7, 11) is 3.98. The summed E-state index contributed by atoms with van der Waals surface area (Å²) in [6.07, 6.45) is 3.63. The molecule has 1 aromatic heterocycles. The molecular weight excluding hydrogens is 298 g/mol. The van der Waals surface area contributed by atoms with Gasteiger partial charge in [0.1, 0.15) is 0 Å². The molecule has 0 amide bonds. The highest BCUT2D eigenvalue weighted by molar-refractivity contribution is 7.99. The van der Waals surface area contributed by atoms with Crippen LogP contribution in [0.5, 0.6) is 5.88 Å². The van der Waals surface area contributed by atoms with E-state index in [1.165, 1.54) is 11.8 Å². The number of aromatic nitrogens is 2. The van der Waals surface area contributed by atoms with Gasteiger partial charge in [-0.1, -0.05) is 31.5 Å². The van der Waals surface area contributed by atoms with Crippen molar-refractivity contribution in [3.8, 4) is 5.88 Å². The number of aromatic amines is 1. The van der Waals surface area contributed by atoms with Crippen molar-refractivity contribution in [1.29, 1.82) is 0 Å². The average Bonchev–Trinajstić information content (AvgIpc) is 2.32. The minimum Gasteiger partial charge on any atom is -1.00 e. The SMILES string of the molecule is CCCCCc1c(O)nc(SCCN(C)C)[nH]c1=O.[Cl-]. The van der Waals surface area contributed by atoms with Gasteiger partial charge in [-0.2, -0.15) is 4.98 Å². The maximum Gasteiger partial charge on any atom is 0.258 e. The minimum atomic E-state index is -0.212. The zero-order chi connectivity index (χ0) is 14.3. The number of nitrogens with one attached hydrogen (secondary N) is 1. The van der Waals surface area contributed by atoms with Crippen molar-refractivity contribution in [3.05, 3.63) is 15.9 Å². The summed E-state index contributed by atoms with van der Waals surface area (Å²) in [5, 5.41) is 10.3. The monoisotopic (exact) mass is 320 g/mol. The molecule has 0 aliphatic heterocycles. The van der Waals surface area contributed by atoms with Gasteiger partial charge in [-0.25, -0.2) is 0 Å². The van der Waals surface area contributed by atoms with Gasteiger partial charge in [0.15, 0.2) is 5.16 Å². The number of thioether (sulfide) groups is 1. The smallest absolute Gasteiger partial charge is 0.258 e. The summed E-state index contributed by atoms with van der Waals surface area (Å²) >= 11 is 1.45. The maximum atomic E-state index is 11.9. The maximum absolute atomic E-state index is 11.9. The van der Waals surface area contributed by atoms with Crippen LogP contribution in [0.15, 0.2) is 9.95 Å². The third kappa shape index (κ3) is 6.63. The molecular formula is C13H23ClN3O2S-. The zero-order valence-corrected chi connectivity index (χ0v) is 13.9. The fourth-order valence-electron chi connectivity index (χ4n) is 1.64. The van der Waals surface area contributed by atoms with E-state index in [0.29, 0.717) is 17.1 Å². The highest BCUT2D eigenvalue weighted by Crippen LogP contribution is 2.17. The molecule has 0 saturated heterocycles. The quantitative estimate of drug-likeness (QED) is 0.360. The van der Waals surface area contributed by atoms with E-state index >= 15 is 0 Å². The molecule has 1 rings (SSSR count). The normalized spacial score (nSPS) is 10.6. The van der Waals surface area contributed by atoms with Crippen LogP contribution in [0, 0.1) is 0 Å². The molecule has 1 heterocycles. The van der Waals surface area contributed by atoms with Gasteiger partial charge < -0.3 is 27.4 Å². The third-order valence-electron chi connectivity index (χ3n) is 2.78. The Hall–Kier alpha value is -0.720. The number of H-pyrrole nitrogens is 1. The molecule has 0 fully saturated rings. The molecule has 7 heteroatoms. The topological polar surface area (TPSA) is 69.2 Å². The molecule has 2 N–H and O–H groups in total. The first-order valence-electron chi connectivity index (χ1n) is 6.64. The summed E-state index contributed by atoms with van der Waals surface area (Å²) in [5.74, 6) is 0.706. The van der Waals surface area contributed by atoms with E-state index in [9.17, 15) is 9.90 Å². The van der Waals surface area contributed by atoms with Crippen molar-refractivity contribution in [2.75, 3.05) is 26.4 Å². The van der Waals surface area contributed by atoms with Crippen LogP contribution < -0.4 is 18.0 Å². The standard InChI is InChI=1S/C13H23N3O2S.ClH/c1-4-5-6-7-10-11(17)14-13(15-12(10)18)19-9-8-16(2)3;/h4-9H2,1-3H3,(H2,14,15,17,18);1H/p-1. The first kappa shape index (κ1) is 19.3. The number of aromatic hydroxyl groups is 1. The summed E-state index contributed by atoms with van der Waals surface area (Å²) < 4.78 is 0. The Bertz CT molecular complexity index is 452. The first-order valence-corrected chi connectivity index (χ1v) is 7.62. The molecule has 5 nitrogen and oxygen atoms in total. The lowest BCUT2D eigenvalue weighted by Crippen LogP contribution is -3.00. The van der Waals surface area contributed by atoms with Gasteiger partial charge >= 0.3 is 0 Å². The van der Waals surface area contributed by atoms with Gasteiger partial charge in [-0.15, -0.1) is 0 Å². The second-order valence-electron chi connectivity index (χ2n) is 4.78. The summed E-state index contributed by atoms with van der Waals surface area (Å²) in [5.41, 5.74) is 0.196. The third-order valence-corrected chi connectivity index (χ3v) is 3.63. The molecule has 0 aromatic carbocycles. The van der Waals surface area contributed by atoms with E-state index in [-0.39, 0.29) is 23.8 Å². The number of nitrogens with zero attached hydrogens (tertiary/aromatic N) is 2. The number of rotatable bonds is 8. The number of halogens is 1. The van der Waals surface area contributed by atoms with Crippen molar-refractivity contribution in [2.24, 2.45) is 0 Å². The van der Waals surface area contributed by atoms with Gasteiger partial charge in [0, 0.05) is 12.3 Å². The van der Waals surface area contributed by atoms with Gasteiger partial charge in [-0.3, -0.25) is 4.79 Å². The predicted octanol–water partition coefficient (Wildman–Crippen LogP) is -1.13. The second kappa shape index (κ2) is 10.1. The van der Waals surface area contributed by atoms with Gasteiger partial charge in [0.2, 0.25) is 5.88 Å². The number of unbranched alkanes of at least 4 members (excludes halogenated alkanes) is 2. The molecule has 0 atom stereocenters. The lowest BCUT2D eigenvalue weighted by molar-refractivity contribution is -0.00000544. The van der Waals surface area contributed by atoms with Crippen LogP contribution in [0.2, 0.25) is 0 Å². The van der Waals surface area contributed by atoms with E-state index in [0.717, 1.165) is 31.6 Å². The van der Waals surface area contributed by atoms with Gasteiger partial charge in [0.05, 0.1) is 5.56 Å². The molecule has 0 radical (unpaired) electrons. The van der Waals surface area contributed by atoms with Crippen molar-refractivity contribution >= 4 is 11.8 Å². The fourth-order valence-corrected chi connectivity index (χ4v) is 2.60. The van der Waals surface area contributed by atoms with Crippen LogP contribution in [0.3, 0.4) is 0 Å². The Balaban J connectivity index is 0.00000361. The van der Waals surface area contributed by atoms with E-state index in [2.05, 4.69) is 21.8 Å². The van der Waals surface area contributed by atoms with Crippen molar-refractivity contribution in [3.63, 3.8) is 0 Å². The molecule has 0 bridgehead atoms. The first-order chi connectivity index (χ1) is 9.04. The fraction of sp³-hybridized carbons (Fsp3) is 0.692. The molecule has 116 valence electrons. The highest BCUT2D eigenvalue weighted by atomic mass is 35.5. The second-order valence-corrected chi connectivity index (χ2v) is 5.87. The molecule has 0 aliphatic rings. The Morgan fingerprint density at radius 3 is 2.60 bits per heavy atom. The Kier molecular flexibility index (Phi) is 9.71. The van der Waals surface area contributed by atoms with Gasteiger partial charge in [0.25, 0.3) is 5.56 Å². The Labute approximate surface area is 130 Å². The summed E-state index contributed by atoms with van der Waals surface area (Å²) in [6, 6.07) is 0. The highest BCUT2D eigenvalue weighted by Gasteiger charge is 2.10. The predicted molar refractivity (Wildman–Crippen MR) is 79.0 cm³/mol. The largest absolute Gasteiger partial charge is 1.00 e. The molecule has 1 aromatic rings. The van der Waals surface area contributed by atoms with Crippen LogP contribution in [-0.2, 0) is 6.42 Å².